The van der Waals surface area contributed by atoms with Gasteiger partial charge in [-0.05, 0) is 19.6 Å². The Hall–Kier alpha value is 0.540. The van der Waals surface area contributed by atoms with Gasteiger partial charge in [0.25, 0.3) is 0 Å². The van der Waals surface area contributed by atoms with E-state index in [4.69, 9.17) is 0 Å². The minimum atomic E-state index is 1.19. The molecule has 0 bridgehead atoms. The van der Waals surface area contributed by atoms with Gasteiger partial charge in [-0.15, -0.1) is 0 Å². The fourth-order valence-corrected chi connectivity index (χ4v) is 0.671. The molecule has 0 N–H and O–H groups in total. The number of hydrogen-bond acceptors (Lipinski definition) is 1. The summed E-state index contributed by atoms with van der Waals surface area (Å²) in [7, 11) is 8.22. The van der Waals surface area contributed by atoms with E-state index in [2.05, 4.69) is 47.4 Å². The summed E-state index contributed by atoms with van der Waals surface area (Å²) in [6.45, 7) is 10.1. The molecule has 3 heteroatoms. The van der Waals surface area contributed by atoms with Gasteiger partial charge in [0.1, 0.15) is 0 Å². The highest BCUT2D eigenvalue weighted by atomic mass is 36.5. The first kappa shape index (κ1) is 12.2. The van der Waals surface area contributed by atoms with Crippen LogP contribution in [0.15, 0.2) is 0 Å². The lowest BCUT2D eigenvalue weighted by Gasteiger charge is -2.13. The van der Waals surface area contributed by atoms with E-state index >= 15 is 0 Å². The first-order valence-corrected chi connectivity index (χ1v) is 4.36. The maximum absolute atomic E-state index is 4.11. The largest absolute Gasteiger partial charge is 0.304 e. The molecule has 0 saturated carbocycles. The van der Waals surface area contributed by atoms with Crippen molar-refractivity contribution < 1.29 is 0 Å². The van der Waals surface area contributed by atoms with Gasteiger partial charge in [0.2, 0.25) is 0 Å². The molecule has 9 heavy (non-hydrogen) atoms. The Labute approximate surface area is 67.5 Å². The molecule has 58 valence electrons. The zero-order valence-electron chi connectivity index (χ0n) is 6.32. The maximum Gasteiger partial charge on any atom is 0 e. The molecule has 0 aromatic heterocycles. The van der Waals surface area contributed by atoms with E-state index in [1.54, 1.807) is 0 Å². The summed E-state index contributed by atoms with van der Waals surface area (Å²) >= 11 is 0. The zero-order valence-corrected chi connectivity index (χ0v) is 7.84. The molecule has 1 nitrogen and oxygen atoms in total. The van der Waals surface area contributed by atoms with E-state index in [-0.39, 0.29) is 0 Å². The molecular formula is C6H15Cl2N. The van der Waals surface area contributed by atoms with Crippen LogP contribution in [0.3, 0.4) is 0 Å². The summed E-state index contributed by atoms with van der Waals surface area (Å²) in [5, 5.41) is 0. The van der Waals surface area contributed by atoms with Crippen molar-refractivity contribution in [3.63, 3.8) is 0 Å². The predicted octanol–water partition coefficient (Wildman–Crippen LogP) is 2.73. The van der Waals surface area contributed by atoms with Gasteiger partial charge >= 0.3 is 0 Å². The van der Waals surface area contributed by atoms with Gasteiger partial charge in [-0.25, -0.2) is 0 Å². The Bertz CT molecular complexity index is 32.5. The van der Waals surface area contributed by atoms with Crippen LogP contribution < -0.4 is 0 Å². The van der Waals surface area contributed by atoms with Gasteiger partial charge in [0.05, 0.1) is 0 Å². The van der Waals surface area contributed by atoms with Crippen LogP contribution in [0.2, 0.25) is 0 Å². The smallest absolute Gasteiger partial charge is 0 e. The second-order valence-corrected chi connectivity index (χ2v) is 1.62. The summed E-state index contributed by atoms with van der Waals surface area (Å²) in [6.07, 6.45) is 0. The van der Waals surface area contributed by atoms with Crippen molar-refractivity contribution in [2.24, 2.45) is 0 Å². The van der Waals surface area contributed by atoms with Crippen LogP contribution in [0.1, 0.15) is 20.8 Å². The molecule has 0 aromatic rings. The molecular weight excluding hydrogens is 157 g/mol. The number of nitrogens with zero attached hydrogens (tertiary/aromatic N) is 1. The Morgan fingerprint density at radius 3 is 1.11 bits per heavy atom. The first-order chi connectivity index (χ1) is 4.35. The summed E-state index contributed by atoms with van der Waals surface area (Å²) in [6, 6.07) is 0. The van der Waals surface area contributed by atoms with E-state index in [0.717, 1.165) is 0 Å². The van der Waals surface area contributed by atoms with E-state index in [9.17, 15) is 0 Å². The standard InChI is InChI=1S/C6H15N.Cl2/c1-4-7(5-2)6-3;1-2/h4-6H2,1-3H3;. The molecule has 0 saturated heterocycles. The Balaban J connectivity index is 0. The molecule has 0 amide bonds. The third-order valence-electron chi connectivity index (χ3n) is 1.34. The van der Waals surface area contributed by atoms with Crippen LogP contribution in [0, 0.1) is 0 Å². The van der Waals surface area contributed by atoms with Crippen molar-refractivity contribution in [1.82, 2.24) is 4.90 Å². The van der Waals surface area contributed by atoms with Crippen LogP contribution in [0.25, 0.3) is 0 Å². The summed E-state index contributed by atoms with van der Waals surface area (Å²) < 4.78 is 0. The molecule has 0 aliphatic heterocycles. The monoisotopic (exact) mass is 171 g/mol. The van der Waals surface area contributed by atoms with E-state index in [1.807, 2.05) is 0 Å². The molecule has 0 rings (SSSR count). The van der Waals surface area contributed by atoms with Gasteiger partial charge in [0, 0.05) is 21.7 Å². The SMILES string of the molecule is CCN(CC)CC.ClCl. The molecule has 0 spiro atoms. The van der Waals surface area contributed by atoms with Gasteiger partial charge in [-0.2, -0.15) is 0 Å². The highest BCUT2D eigenvalue weighted by Crippen LogP contribution is 1.81. The van der Waals surface area contributed by atoms with E-state index in [1.165, 1.54) is 19.6 Å². The quantitative estimate of drug-likeness (QED) is 0.632. The highest BCUT2D eigenvalue weighted by Gasteiger charge is 1.89. The lowest BCUT2D eigenvalue weighted by atomic mass is 10.5. The van der Waals surface area contributed by atoms with Gasteiger partial charge in [0.15, 0.2) is 0 Å². The topological polar surface area (TPSA) is 3.24 Å². The third-order valence-corrected chi connectivity index (χ3v) is 1.34. The van der Waals surface area contributed by atoms with Gasteiger partial charge < -0.3 is 4.90 Å². The predicted molar refractivity (Wildman–Crippen MR) is 45.2 cm³/mol. The Kier molecular flexibility index (Phi) is 15.4. The summed E-state index contributed by atoms with van der Waals surface area (Å²) in [4.78, 5) is 2.38. The molecule has 0 atom stereocenters. The van der Waals surface area contributed by atoms with Gasteiger partial charge in [-0.3, -0.25) is 0 Å². The number of rotatable bonds is 3. The van der Waals surface area contributed by atoms with Crippen LogP contribution in [-0.2, 0) is 0 Å². The van der Waals surface area contributed by atoms with Crippen molar-refractivity contribution in [1.29, 1.82) is 0 Å². The second-order valence-electron chi connectivity index (χ2n) is 1.62. The van der Waals surface area contributed by atoms with Crippen molar-refractivity contribution in [3.8, 4) is 0 Å². The minimum Gasteiger partial charge on any atom is -0.304 e. The van der Waals surface area contributed by atoms with Crippen molar-refractivity contribution in [2.75, 3.05) is 19.6 Å². The Morgan fingerprint density at radius 2 is 1.11 bits per heavy atom. The lowest BCUT2D eigenvalue weighted by Crippen LogP contribution is -2.21. The maximum atomic E-state index is 4.11. The third kappa shape index (κ3) is 8.54. The Morgan fingerprint density at radius 1 is 0.889 bits per heavy atom. The molecule has 0 fully saturated rings. The fourth-order valence-electron chi connectivity index (χ4n) is 0.671. The molecule has 0 aromatic carbocycles. The lowest BCUT2D eigenvalue weighted by molar-refractivity contribution is 0.321. The number of halogens is 2. The molecule has 0 aliphatic rings. The number of hydrogen-bond donors (Lipinski definition) is 0. The van der Waals surface area contributed by atoms with E-state index < -0.39 is 0 Å². The van der Waals surface area contributed by atoms with E-state index in [0.29, 0.717) is 0 Å². The fraction of sp³-hybridized carbons (Fsp3) is 1.00. The molecule has 0 aliphatic carbocycles. The molecule has 0 heterocycles. The van der Waals surface area contributed by atoms with Crippen LogP contribution in [0.4, 0.5) is 0 Å². The van der Waals surface area contributed by atoms with Crippen LogP contribution in [-0.4, -0.2) is 24.5 Å². The van der Waals surface area contributed by atoms with Crippen LogP contribution in [0.5, 0.6) is 0 Å². The van der Waals surface area contributed by atoms with Crippen molar-refractivity contribution >= 4 is 21.7 Å². The zero-order chi connectivity index (χ0) is 7.70. The average molecular weight is 172 g/mol. The average Bonchev–Trinajstić information content (AvgIpc) is 1.96. The molecule has 0 unspecified atom stereocenters. The second kappa shape index (κ2) is 11.4. The van der Waals surface area contributed by atoms with Crippen molar-refractivity contribution in [3.05, 3.63) is 0 Å². The van der Waals surface area contributed by atoms with Crippen molar-refractivity contribution in [2.45, 2.75) is 20.8 Å². The first-order valence-electron chi connectivity index (χ1n) is 3.21. The molecule has 0 radical (unpaired) electrons. The normalized spacial score (nSPS) is 8.67. The van der Waals surface area contributed by atoms with Gasteiger partial charge in [-0.1, -0.05) is 20.8 Å². The minimum absolute atomic E-state index is 1.19. The summed E-state index contributed by atoms with van der Waals surface area (Å²) in [5.41, 5.74) is 0. The van der Waals surface area contributed by atoms with Crippen LogP contribution >= 0.6 is 21.7 Å². The highest BCUT2D eigenvalue weighted by molar-refractivity contribution is 6.85. The summed E-state index contributed by atoms with van der Waals surface area (Å²) in [5.74, 6) is 0.